The van der Waals surface area contributed by atoms with E-state index in [4.69, 9.17) is 0 Å². The Morgan fingerprint density at radius 3 is 2.38 bits per heavy atom. The van der Waals surface area contributed by atoms with Crippen LogP contribution in [0.4, 0.5) is 5.95 Å². The van der Waals surface area contributed by atoms with Crippen molar-refractivity contribution in [3.63, 3.8) is 0 Å². The lowest BCUT2D eigenvalue weighted by Crippen LogP contribution is -2.48. The Morgan fingerprint density at radius 2 is 1.75 bits per heavy atom. The van der Waals surface area contributed by atoms with E-state index in [1.807, 2.05) is 11.8 Å². The van der Waals surface area contributed by atoms with Gasteiger partial charge in [-0.2, -0.15) is 0 Å². The van der Waals surface area contributed by atoms with Crippen molar-refractivity contribution in [1.29, 1.82) is 0 Å². The Balaban J connectivity index is 1.48. The molecule has 3 heterocycles. The Morgan fingerprint density at radius 1 is 1.12 bits per heavy atom. The molecule has 1 atom stereocenters. The van der Waals surface area contributed by atoms with E-state index in [9.17, 15) is 9.59 Å². The van der Waals surface area contributed by atoms with Crippen LogP contribution in [0.25, 0.3) is 0 Å². The van der Waals surface area contributed by atoms with Gasteiger partial charge >= 0.3 is 0 Å². The Bertz CT molecular complexity index is 566. The maximum absolute atomic E-state index is 12.5. The van der Waals surface area contributed by atoms with Crippen LogP contribution in [0.5, 0.6) is 0 Å². The van der Waals surface area contributed by atoms with Crippen LogP contribution in [0, 0.1) is 5.92 Å². The van der Waals surface area contributed by atoms with Gasteiger partial charge in [0.25, 0.3) is 0 Å². The summed E-state index contributed by atoms with van der Waals surface area (Å²) in [6.07, 6.45) is 7.11. The summed E-state index contributed by atoms with van der Waals surface area (Å²) in [7, 11) is 0. The van der Waals surface area contributed by atoms with Gasteiger partial charge in [-0.3, -0.25) is 19.8 Å². The molecule has 1 aromatic rings. The van der Waals surface area contributed by atoms with Crippen LogP contribution in [0.15, 0.2) is 18.5 Å². The summed E-state index contributed by atoms with van der Waals surface area (Å²) in [5.41, 5.74) is 0. The number of carbonyl (C=O) groups is 2. The van der Waals surface area contributed by atoms with Crippen molar-refractivity contribution < 1.29 is 9.59 Å². The number of likely N-dealkylation sites (tertiary alicyclic amines) is 2. The van der Waals surface area contributed by atoms with Crippen LogP contribution in [-0.2, 0) is 9.59 Å². The lowest BCUT2D eigenvalue weighted by atomic mass is 9.94. The molecule has 2 aliphatic rings. The Hall–Kier alpha value is -2.02. The standard InChI is InChI=1S/C17H25N5O2/c1-13(15(23)20-17-18-7-4-8-19-17)21-11-5-14(6-12-21)16(24)22-9-2-3-10-22/h4,7-8,13-14H,2-3,5-6,9-12H2,1H3,(H,18,19,20,23). The van der Waals surface area contributed by atoms with Crippen molar-refractivity contribution in [3.05, 3.63) is 18.5 Å². The fraction of sp³-hybridized carbons (Fsp3) is 0.647. The quantitative estimate of drug-likeness (QED) is 0.895. The van der Waals surface area contributed by atoms with Gasteiger partial charge in [0.05, 0.1) is 6.04 Å². The zero-order valence-electron chi connectivity index (χ0n) is 14.1. The Labute approximate surface area is 142 Å². The summed E-state index contributed by atoms with van der Waals surface area (Å²) in [5.74, 6) is 0.646. The minimum Gasteiger partial charge on any atom is -0.342 e. The third kappa shape index (κ3) is 3.90. The first-order chi connectivity index (χ1) is 11.6. The van der Waals surface area contributed by atoms with Gasteiger partial charge in [0.1, 0.15) is 0 Å². The molecular weight excluding hydrogens is 306 g/mol. The second kappa shape index (κ2) is 7.70. The van der Waals surface area contributed by atoms with Crippen molar-refractivity contribution in [2.24, 2.45) is 5.92 Å². The highest BCUT2D eigenvalue weighted by molar-refractivity contribution is 5.93. The fourth-order valence-corrected chi connectivity index (χ4v) is 3.47. The molecule has 0 saturated carbocycles. The summed E-state index contributed by atoms with van der Waals surface area (Å²) >= 11 is 0. The van der Waals surface area contributed by atoms with Crippen molar-refractivity contribution in [3.8, 4) is 0 Å². The first-order valence-corrected chi connectivity index (χ1v) is 8.76. The lowest BCUT2D eigenvalue weighted by Gasteiger charge is -2.35. The SMILES string of the molecule is CC(C(=O)Nc1ncccn1)N1CCC(C(=O)N2CCCC2)CC1. The second-order valence-electron chi connectivity index (χ2n) is 6.58. The van der Waals surface area contributed by atoms with Crippen LogP contribution in [0.2, 0.25) is 0 Å². The van der Waals surface area contributed by atoms with E-state index in [0.717, 1.165) is 51.9 Å². The highest BCUT2D eigenvalue weighted by Crippen LogP contribution is 2.23. The number of anilines is 1. The van der Waals surface area contributed by atoms with Crippen LogP contribution in [0.1, 0.15) is 32.6 Å². The van der Waals surface area contributed by atoms with Crippen molar-refractivity contribution in [2.45, 2.75) is 38.6 Å². The second-order valence-corrected chi connectivity index (χ2v) is 6.58. The number of hydrogen-bond acceptors (Lipinski definition) is 5. The van der Waals surface area contributed by atoms with Gasteiger partial charge in [-0.05, 0) is 51.8 Å². The van der Waals surface area contributed by atoms with Gasteiger partial charge in [-0.1, -0.05) is 0 Å². The molecule has 0 aliphatic carbocycles. The summed E-state index contributed by atoms with van der Waals surface area (Å²) < 4.78 is 0. The van der Waals surface area contributed by atoms with Gasteiger partial charge in [0.15, 0.2) is 0 Å². The molecule has 0 aromatic carbocycles. The van der Waals surface area contributed by atoms with Gasteiger partial charge in [0, 0.05) is 31.4 Å². The minimum absolute atomic E-state index is 0.106. The molecule has 7 heteroatoms. The van der Waals surface area contributed by atoms with E-state index in [1.165, 1.54) is 0 Å². The molecule has 1 unspecified atom stereocenters. The van der Waals surface area contributed by atoms with Crippen molar-refractivity contribution in [2.75, 3.05) is 31.5 Å². The summed E-state index contributed by atoms with van der Waals surface area (Å²) in [6, 6.07) is 1.46. The van der Waals surface area contributed by atoms with E-state index in [2.05, 4.69) is 20.2 Å². The third-order valence-corrected chi connectivity index (χ3v) is 5.02. The molecule has 2 saturated heterocycles. The van der Waals surface area contributed by atoms with Crippen LogP contribution >= 0.6 is 0 Å². The maximum atomic E-state index is 12.5. The molecular formula is C17H25N5O2. The Kier molecular flexibility index (Phi) is 5.40. The summed E-state index contributed by atoms with van der Waals surface area (Å²) in [4.78, 5) is 37.0. The number of carbonyl (C=O) groups excluding carboxylic acids is 2. The zero-order valence-corrected chi connectivity index (χ0v) is 14.1. The molecule has 2 aliphatic heterocycles. The molecule has 3 rings (SSSR count). The topological polar surface area (TPSA) is 78.4 Å². The number of rotatable bonds is 4. The third-order valence-electron chi connectivity index (χ3n) is 5.02. The summed E-state index contributed by atoms with van der Waals surface area (Å²) in [6.45, 7) is 5.26. The lowest BCUT2D eigenvalue weighted by molar-refractivity contribution is -0.136. The van der Waals surface area contributed by atoms with E-state index in [0.29, 0.717) is 11.9 Å². The molecule has 2 fully saturated rings. The molecule has 0 spiro atoms. The van der Waals surface area contributed by atoms with Crippen molar-refractivity contribution >= 4 is 17.8 Å². The average molecular weight is 331 g/mol. The molecule has 1 N–H and O–H groups in total. The highest BCUT2D eigenvalue weighted by atomic mass is 16.2. The van der Waals surface area contributed by atoms with Gasteiger partial charge < -0.3 is 4.90 Å². The summed E-state index contributed by atoms with van der Waals surface area (Å²) in [5, 5.41) is 2.74. The maximum Gasteiger partial charge on any atom is 0.243 e. The van der Waals surface area contributed by atoms with Crippen LogP contribution < -0.4 is 5.32 Å². The number of aromatic nitrogens is 2. The zero-order chi connectivity index (χ0) is 16.9. The number of hydrogen-bond donors (Lipinski definition) is 1. The molecule has 7 nitrogen and oxygen atoms in total. The number of nitrogens with zero attached hydrogens (tertiary/aromatic N) is 4. The van der Waals surface area contributed by atoms with Gasteiger partial charge in [0.2, 0.25) is 17.8 Å². The van der Waals surface area contributed by atoms with Crippen molar-refractivity contribution in [1.82, 2.24) is 19.8 Å². The first kappa shape index (κ1) is 16.8. The first-order valence-electron chi connectivity index (χ1n) is 8.76. The van der Waals surface area contributed by atoms with Crippen LogP contribution in [0.3, 0.4) is 0 Å². The van der Waals surface area contributed by atoms with E-state index >= 15 is 0 Å². The van der Waals surface area contributed by atoms with E-state index < -0.39 is 0 Å². The largest absolute Gasteiger partial charge is 0.342 e. The predicted molar refractivity (Wildman–Crippen MR) is 90.2 cm³/mol. The number of amides is 2. The van der Waals surface area contributed by atoms with E-state index in [1.54, 1.807) is 18.5 Å². The monoisotopic (exact) mass is 331 g/mol. The predicted octanol–water partition coefficient (Wildman–Crippen LogP) is 1.14. The molecule has 2 amide bonds. The average Bonchev–Trinajstić information content (AvgIpc) is 3.16. The number of nitrogens with one attached hydrogen (secondary N) is 1. The highest BCUT2D eigenvalue weighted by Gasteiger charge is 2.32. The van der Waals surface area contributed by atoms with E-state index in [-0.39, 0.29) is 17.9 Å². The number of piperidine rings is 1. The molecule has 0 bridgehead atoms. The molecule has 130 valence electrons. The minimum atomic E-state index is -0.253. The molecule has 0 radical (unpaired) electrons. The van der Waals surface area contributed by atoms with Gasteiger partial charge in [-0.25, -0.2) is 9.97 Å². The normalized spacial score (nSPS) is 20.8. The smallest absolute Gasteiger partial charge is 0.243 e. The fourth-order valence-electron chi connectivity index (χ4n) is 3.47. The molecule has 1 aromatic heterocycles. The van der Waals surface area contributed by atoms with Crippen LogP contribution in [-0.4, -0.2) is 63.8 Å². The van der Waals surface area contributed by atoms with Gasteiger partial charge in [-0.15, -0.1) is 0 Å². The molecule has 24 heavy (non-hydrogen) atoms.